The van der Waals surface area contributed by atoms with Crippen molar-refractivity contribution in [1.29, 1.82) is 0 Å². The maximum Gasteiger partial charge on any atom is 0.246 e. The molecule has 0 amide bonds. The Kier molecular flexibility index (Phi) is 4.12. The molecular weight excluding hydrogens is 268 g/mol. The molecule has 0 spiro atoms. The summed E-state index contributed by atoms with van der Waals surface area (Å²) in [6.45, 7) is 2.40. The van der Waals surface area contributed by atoms with Gasteiger partial charge in [-0.05, 0) is 19.8 Å². The molecule has 1 aliphatic carbocycles. The van der Waals surface area contributed by atoms with E-state index >= 15 is 0 Å². The predicted octanol–water partition coefficient (Wildman–Crippen LogP) is 0.0670. The van der Waals surface area contributed by atoms with Gasteiger partial charge in [-0.1, -0.05) is 12.8 Å². The molecule has 0 bridgehead atoms. The first-order valence-electron chi connectivity index (χ1n) is 6.47. The van der Waals surface area contributed by atoms with Gasteiger partial charge >= 0.3 is 0 Å². The summed E-state index contributed by atoms with van der Waals surface area (Å²) in [5.74, 6) is -0.0142. The fourth-order valence-electron chi connectivity index (χ4n) is 2.30. The van der Waals surface area contributed by atoms with Gasteiger partial charge < -0.3 is 10.8 Å². The van der Waals surface area contributed by atoms with Crippen molar-refractivity contribution in [2.45, 2.75) is 56.2 Å². The molecule has 1 aromatic rings. The number of nitrogens with two attached hydrogens (primary N) is 1. The Morgan fingerprint density at radius 1 is 1.53 bits per heavy atom. The zero-order chi connectivity index (χ0) is 14.0. The van der Waals surface area contributed by atoms with E-state index in [-0.39, 0.29) is 10.7 Å². The van der Waals surface area contributed by atoms with Gasteiger partial charge in [0.05, 0.1) is 6.10 Å². The quantitative estimate of drug-likeness (QED) is 0.726. The largest absolute Gasteiger partial charge is 0.391 e. The number of aromatic nitrogens is 2. The van der Waals surface area contributed by atoms with E-state index in [1.807, 2.05) is 6.92 Å². The van der Waals surface area contributed by atoms with E-state index in [2.05, 4.69) is 9.82 Å². The summed E-state index contributed by atoms with van der Waals surface area (Å²) >= 11 is 0. The highest BCUT2D eigenvalue weighted by Crippen LogP contribution is 2.22. The molecule has 1 aromatic heterocycles. The number of nitrogen functional groups attached to an aromatic ring is 1. The smallest absolute Gasteiger partial charge is 0.246 e. The summed E-state index contributed by atoms with van der Waals surface area (Å²) < 4.78 is 28.5. The van der Waals surface area contributed by atoms with Gasteiger partial charge in [-0.25, -0.2) is 13.1 Å². The molecule has 8 heteroatoms. The van der Waals surface area contributed by atoms with Crippen molar-refractivity contribution >= 4 is 15.8 Å². The van der Waals surface area contributed by atoms with Crippen LogP contribution in [0.25, 0.3) is 0 Å². The molecular formula is C11H20N4O3S. The van der Waals surface area contributed by atoms with Gasteiger partial charge in [0.15, 0.2) is 5.82 Å². The lowest BCUT2D eigenvalue weighted by molar-refractivity contribution is 0.101. The minimum atomic E-state index is -3.73. The van der Waals surface area contributed by atoms with E-state index in [0.29, 0.717) is 19.4 Å². The predicted molar refractivity (Wildman–Crippen MR) is 70.9 cm³/mol. The van der Waals surface area contributed by atoms with E-state index in [4.69, 9.17) is 5.73 Å². The SMILES string of the molecule is CCn1cc(S(=O)(=O)N[C@H]2CCCC[C@@H]2O)c(N)n1. The average Bonchev–Trinajstić information content (AvgIpc) is 2.74. The Bertz CT molecular complexity index is 540. The van der Waals surface area contributed by atoms with E-state index < -0.39 is 22.2 Å². The molecule has 1 heterocycles. The first-order valence-corrected chi connectivity index (χ1v) is 7.95. The van der Waals surface area contributed by atoms with Crippen LogP contribution in [0.1, 0.15) is 32.6 Å². The van der Waals surface area contributed by atoms with Gasteiger partial charge in [-0.3, -0.25) is 4.68 Å². The van der Waals surface area contributed by atoms with Crippen LogP contribution >= 0.6 is 0 Å². The maximum atomic E-state index is 12.2. The average molecular weight is 288 g/mol. The van der Waals surface area contributed by atoms with Crippen molar-refractivity contribution in [3.05, 3.63) is 6.20 Å². The lowest BCUT2D eigenvalue weighted by Gasteiger charge is -2.27. The molecule has 4 N–H and O–H groups in total. The lowest BCUT2D eigenvalue weighted by atomic mass is 9.93. The van der Waals surface area contributed by atoms with Crippen molar-refractivity contribution in [2.24, 2.45) is 0 Å². The van der Waals surface area contributed by atoms with Gasteiger partial charge in [0.1, 0.15) is 4.90 Å². The van der Waals surface area contributed by atoms with Crippen molar-refractivity contribution in [2.75, 3.05) is 5.73 Å². The van der Waals surface area contributed by atoms with Crippen LogP contribution in [0.4, 0.5) is 5.82 Å². The van der Waals surface area contributed by atoms with Crippen LogP contribution in [-0.2, 0) is 16.6 Å². The number of nitrogens with zero attached hydrogens (tertiary/aromatic N) is 2. The summed E-state index contributed by atoms with van der Waals surface area (Å²) in [4.78, 5) is -0.0212. The number of sulfonamides is 1. The van der Waals surface area contributed by atoms with Crippen LogP contribution in [0.5, 0.6) is 0 Å². The van der Waals surface area contributed by atoms with Crippen molar-refractivity contribution in [3.63, 3.8) is 0 Å². The lowest BCUT2D eigenvalue weighted by Crippen LogP contribution is -2.45. The topological polar surface area (TPSA) is 110 Å². The number of aliphatic hydroxyl groups excluding tert-OH is 1. The number of rotatable bonds is 4. The van der Waals surface area contributed by atoms with Crippen molar-refractivity contribution in [1.82, 2.24) is 14.5 Å². The number of anilines is 1. The number of nitrogens with one attached hydrogen (secondary N) is 1. The number of aliphatic hydroxyl groups is 1. The molecule has 0 radical (unpaired) electrons. The Morgan fingerprint density at radius 2 is 2.21 bits per heavy atom. The molecule has 2 rings (SSSR count). The fourth-order valence-corrected chi connectivity index (χ4v) is 3.68. The third-order valence-corrected chi connectivity index (χ3v) is 4.91. The van der Waals surface area contributed by atoms with E-state index in [1.54, 1.807) is 0 Å². The van der Waals surface area contributed by atoms with Gasteiger partial charge in [-0.15, -0.1) is 0 Å². The number of hydrogen-bond acceptors (Lipinski definition) is 5. The highest BCUT2D eigenvalue weighted by atomic mass is 32.2. The third-order valence-electron chi connectivity index (χ3n) is 3.40. The van der Waals surface area contributed by atoms with Gasteiger partial charge in [0.25, 0.3) is 0 Å². The number of hydrogen-bond donors (Lipinski definition) is 3. The Balaban J connectivity index is 2.19. The van der Waals surface area contributed by atoms with Gasteiger partial charge in [0, 0.05) is 18.8 Å². The minimum absolute atomic E-state index is 0.0142. The molecule has 0 aliphatic heterocycles. The Labute approximate surface area is 112 Å². The van der Waals surface area contributed by atoms with Gasteiger partial charge in [-0.2, -0.15) is 5.10 Å². The fraction of sp³-hybridized carbons (Fsp3) is 0.727. The first kappa shape index (κ1) is 14.3. The molecule has 1 saturated carbocycles. The van der Waals surface area contributed by atoms with Crippen LogP contribution in [0.3, 0.4) is 0 Å². The summed E-state index contributed by atoms with van der Waals surface area (Å²) in [6, 6.07) is -0.442. The molecule has 7 nitrogen and oxygen atoms in total. The van der Waals surface area contributed by atoms with Gasteiger partial charge in [0.2, 0.25) is 10.0 Å². The van der Waals surface area contributed by atoms with Crippen molar-refractivity contribution < 1.29 is 13.5 Å². The molecule has 1 aliphatic rings. The van der Waals surface area contributed by atoms with Crippen LogP contribution in [-0.4, -0.2) is 35.5 Å². The molecule has 0 saturated heterocycles. The second-order valence-corrected chi connectivity index (χ2v) is 6.50. The van der Waals surface area contributed by atoms with E-state index in [1.165, 1.54) is 10.9 Å². The van der Waals surface area contributed by atoms with E-state index in [0.717, 1.165) is 12.8 Å². The summed E-state index contributed by atoms with van der Waals surface area (Å²) in [6.07, 6.45) is 3.88. The summed E-state index contributed by atoms with van der Waals surface area (Å²) in [7, 11) is -3.73. The number of aryl methyl sites for hydroxylation is 1. The normalized spacial score (nSPS) is 24.5. The second-order valence-electron chi connectivity index (χ2n) is 4.81. The summed E-state index contributed by atoms with van der Waals surface area (Å²) in [5.41, 5.74) is 5.63. The summed E-state index contributed by atoms with van der Waals surface area (Å²) in [5, 5.41) is 13.7. The van der Waals surface area contributed by atoms with Crippen LogP contribution < -0.4 is 10.5 Å². The molecule has 0 unspecified atom stereocenters. The zero-order valence-corrected chi connectivity index (χ0v) is 11.7. The molecule has 2 atom stereocenters. The second kappa shape index (κ2) is 5.48. The minimum Gasteiger partial charge on any atom is -0.391 e. The van der Waals surface area contributed by atoms with E-state index in [9.17, 15) is 13.5 Å². The zero-order valence-electron chi connectivity index (χ0n) is 10.9. The highest BCUT2D eigenvalue weighted by molar-refractivity contribution is 7.89. The Hall–Kier alpha value is -1.12. The Morgan fingerprint density at radius 3 is 2.79 bits per heavy atom. The maximum absolute atomic E-state index is 12.2. The van der Waals surface area contributed by atoms with Crippen LogP contribution in [0.15, 0.2) is 11.1 Å². The molecule has 108 valence electrons. The van der Waals surface area contributed by atoms with Crippen LogP contribution in [0, 0.1) is 0 Å². The molecule has 1 fully saturated rings. The highest BCUT2D eigenvalue weighted by Gasteiger charge is 2.30. The molecule has 19 heavy (non-hydrogen) atoms. The first-order chi connectivity index (χ1) is 8.94. The standard InChI is InChI=1S/C11H20N4O3S/c1-2-15-7-10(11(12)13-15)19(17,18)14-8-5-3-4-6-9(8)16/h7-9,14,16H,2-6H2,1H3,(H2,12,13)/t8-,9-/m0/s1. The van der Waals surface area contributed by atoms with Crippen molar-refractivity contribution in [3.8, 4) is 0 Å². The third kappa shape index (κ3) is 3.07. The van der Waals surface area contributed by atoms with Crippen LogP contribution in [0.2, 0.25) is 0 Å². The molecule has 0 aromatic carbocycles. The monoisotopic (exact) mass is 288 g/mol.